The first-order valence-corrected chi connectivity index (χ1v) is 6.69. The topological polar surface area (TPSA) is 62.3 Å². The van der Waals surface area contributed by atoms with Gasteiger partial charge in [0.1, 0.15) is 0 Å². The largest absolute Gasteiger partial charge is 0.367 e. The van der Waals surface area contributed by atoms with Gasteiger partial charge in [-0.15, -0.1) is 0 Å². The van der Waals surface area contributed by atoms with E-state index in [0.29, 0.717) is 11.1 Å². The number of carbonyl (C=O) groups excluding carboxylic acids is 2. The van der Waals surface area contributed by atoms with E-state index in [1.165, 1.54) is 22.9 Å². The van der Waals surface area contributed by atoms with E-state index in [4.69, 9.17) is 0 Å². The van der Waals surface area contributed by atoms with Crippen LogP contribution in [0.4, 0.5) is 5.69 Å². The second-order valence-electron chi connectivity index (χ2n) is 5.09. The molecule has 0 saturated carbocycles. The van der Waals surface area contributed by atoms with Gasteiger partial charge >= 0.3 is 0 Å². The molecule has 1 aliphatic rings. The summed E-state index contributed by atoms with van der Waals surface area (Å²) in [4.78, 5) is 29.5. The summed E-state index contributed by atoms with van der Waals surface area (Å²) in [7, 11) is 0. The smallest absolute Gasteiger partial charge is 0.264 e. The van der Waals surface area contributed by atoms with Gasteiger partial charge in [0, 0.05) is 18.1 Å². The number of anilines is 1. The van der Waals surface area contributed by atoms with Gasteiger partial charge in [-0.2, -0.15) is 0 Å². The molecular weight excluding hydrogens is 266 g/mol. The fourth-order valence-corrected chi connectivity index (χ4v) is 2.30. The Morgan fingerprint density at radius 2 is 1.81 bits per heavy atom. The quantitative estimate of drug-likeness (QED) is 0.877. The Bertz CT molecular complexity index is 705. The molecule has 2 heterocycles. The Kier molecular flexibility index (Phi) is 3.17. The van der Waals surface area contributed by atoms with E-state index < -0.39 is 0 Å². The summed E-state index contributed by atoms with van der Waals surface area (Å²) in [6, 6.07) is 7.51. The molecule has 5 heteroatoms. The number of benzene rings is 1. The minimum atomic E-state index is -0.306. The molecule has 1 aromatic carbocycles. The van der Waals surface area contributed by atoms with Gasteiger partial charge < -0.3 is 5.32 Å². The lowest BCUT2D eigenvalue weighted by molar-refractivity contribution is 0.0666. The van der Waals surface area contributed by atoms with Crippen molar-refractivity contribution in [2.24, 2.45) is 0 Å². The minimum Gasteiger partial charge on any atom is -0.367 e. The van der Waals surface area contributed by atoms with Crippen molar-refractivity contribution in [1.29, 1.82) is 0 Å². The van der Waals surface area contributed by atoms with Crippen LogP contribution in [0.2, 0.25) is 0 Å². The highest BCUT2D eigenvalue weighted by Crippen LogP contribution is 2.22. The summed E-state index contributed by atoms with van der Waals surface area (Å²) < 4.78 is 0. The number of rotatable bonds is 3. The Morgan fingerprint density at radius 1 is 1.05 bits per heavy atom. The molecule has 0 bridgehead atoms. The first-order valence-electron chi connectivity index (χ1n) is 6.69. The van der Waals surface area contributed by atoms with Crippen LogP contribution in [0, 0.1) is 13.8 Å². The summed E-state index contributed by atoms with van der Waals surface area (Å²) >= 11 is 0. The van der Waals surface area contributed by atoms with Crippen molar-refractivity contribution in [1.82, 2.24) is 9.88 Å². The standard InChI is InChI=1S/C16H15N3O2/c1-10-3-4-12(7-11(10)2)18-9-19-15(20)13-5-6-17-8-14(13)16(19)21/h3-8,18H,9H2,1-2H3. The molecule has 0 aliphatic carbocycles. The zero-order valence-corrected chi connectivity index (χ0v) is 11.9. The molecule has 5 nitrogen and oxygen atoms in total. The van der Waals surface area contributed by atoms with Gasteiger partial charge in [0.25, 0.3) is 11.8 Å². The molecule has 0 unspecified atom stereocenters. The van der Waals surface area contributed by atoms with Crippen LogP contribution in [0.5, 0.6) is 0 Å². The first-order chi connectivity index (χ1) is 10.1. The third kappa shape index (κ3) is 2.27. The molecular formula is C16H15N3O2. The molecule has 2 amide bonds. The molecule has 3 rings (SSSR count). The van der Waals surface area contributed by atoms with Crippen LogP contribution in [-0.4, -0.2) is 28.4 Å². The highest BCUT2D eigenvalue weighted by molar-refractivity contribution is 6.21. The van der Waals surface area contributed by atoms with E-state index in [-0.39, 0.29) is 18.5 Å². The third-order valence-corrected chi connectivity index (χ3v) is 3.72. The highest BCUT2D eigenvalue weighted by atomic mass is 16.2. The molecule has 0 atom stereocenters. The van der Waals surface area contributed by atoms with Crippen molar-refractivity contribution in [3.05, 3.63) is 58.9 Å². The van der Waals surface area contributed by atoms with Crippen molar-refractivity contribution in [2.45, 2.75) is 13.8 Å². The molecule has 0 fully saturated rings. The number of imide groups is 1. The molecule has 1 aromatic heterocycles. The Labute approximate surface area is 122 Å². The second-order valence-corrected chi connectivity index (χ2v) is 5.09. The number of carbonyl (C=O) groups is 2. The number of amides is 2. The summed E-state index contributed by atoms with van der Waals surface area (Å²) in [6.07, 6.45) is 2.95. The van der Waals surface area contributed by atoms with Crippen LogP contribution in [0.3, 0.4) is 0 Å². The zero-order chi connectivity index (χ0) is 15.0. The van der Waals surface area contributed by atoms with Gasteiger partial charge in [-0.3, -0.25) is 19.5 Å². The van der Waals surface area contributed by atoms with Crippen molar-refractivity contribution < 1.29 is 9.59 Å². The molecule has 2 aromatic rings. The number of pyridine rings is 1. The van der Waals surface area contributed by atoms with Crippen LogP contribution in [0.1, 0.15) is 31.8 Å². The van der Waals surface area contributed by atoms with E-state index in [1.54, 1.807) is 6.07 Å². The van der Waals surface area contributed by atoms with Crippen LogP contribution >= 0.6 is 0 Å². The van der Waals surface area contributed by atoms with Crippen molar-refractivity contribution in [2.75, 3.05) is 12.0 Å². The zero-order valence-electron chi connectivity index (χ0n) is 11.9. The van der Waals surface area contributed by atoms with Gasteiger partial charge in [0.15, 0.2) is 0 Å². The lowest BCUT2D eigenvalue weighted by Gasteiger charge is -2.16. The number of aromatic nitrogens is 1. The molecule has 1 N–H and O–H groups in total. The molecule has 106 valence electrons. The van der Waals surface area contributed by atoms with Gasteiger partial charge in [0.2, 0.25) is 0 Å². The lowest BCUT2D eigenvalue weighted by Crippen LogP contribution is -2.34. The maximum Gasteiger partial charge on any atom is 0.264 e. The van der Waals surface area contributed by atoms with Crippen LogP contribution in [0.25, 0.3) is 0 Å². The van der Waals surface area contributed by atoms with Crippen molar-refractivity contribution in [3.63, 3.8) is 0 Å². The fourth-order valence-electron chi connectivity index (χ4n) is 2.30. The predicted molar refractivity (Wildman–Crippen MR) is 79.1 cm³/mol. The minimum absolute atomic E-state index is 0.148. The monoisotopic (exact) mass is 281 g/mol. The normalized spacial score (nSPS) is 13.5. The van der Waals surface area contributed by atoms with E-state index in [1.807, 2.05) is 32.0 Å². The lowest BCUT2D eigenvalue weighted by atomic mass is 10.1. The van der Waals surface area contributed by atoms with Gasteiger partial charge in [-0.05, 0) is 43.2 Å². The molecule has 0 spiro atoms. The maximum absolute atomic E-state index is 12.2. The fraction of sp³-hybridized carbons (Fsp3) is 0.188. The first kappa shape index (κ1) is 13.3. The Balaban J connectivity index is 1.76. The average Bonchev–Trinajstić information content (AvgIpc) is 2.73. The van der Waals surface area contributed by atoms with E-state index >= 15 is 0 Å². The van der Waals surface area contributed by atoms with Gasteiger partial charge in [0.05, 0.1) is 17.8 Å². The molecule has 0 saturated heterocycles. The Morgan fingerprint density at radius 3 is 2.52 bits per heavy atom. The molecule has 21 heavy (non-hydrogen) atoms. The number of hydrogen-bond donors (Lipinski definition) is 1. The van der Waals surface area contributed by atoms with Crippen LogP contribution in [0.15, 0.2) is 36.7 Å². The second kappa shape index (κ2) is 5.01. The van der Waals surface area contributed by atoms with Crippen molar-refractivity contribution in [3.8, 4) is 0 Å². The SMILES string of the molecule is Cc1ccc(NCN2C(=O)c3ccncc3C2=O)cc1C. The number of nitrogens with one attached hydrogen (secondary N) is 1. The van der Waals surface area contributed by atoms with Crippen molar-refractivity contribution >= 4 is 17.5 Å². The van der Waals surface area contributed by atoms with E-state index in [0.717, 1.165) is 11.3 Å². The number of fused-ring (bicyclic) bond motifs is 1. The maximum atomic E-state index is 12.2. The van der Waals surface area contributed by atoms with Gasteiger partial charge in [-0.25, -0.2) is 0 Å². The van der Waals surface area contributed by atoms with Gasteiger partial charge in [-0.1, -0.05) is 6.07 Å². The van der Waals surface area contributed by atoms with Crippen LogP contribution < -0.4 is 5.32 Å². The third-order valence-electron chi connectivity index (χ3n) is 3.72. The van der Waals surface area contributed by atoms with E-state index in [9.17, 15) is 9.59 Å². The average molecular weight is 281 g/mol. The molecule has 1 aliphatic heterocycles. The number of nitrogens with zero attached hydrogens (tertiary/aromatic N) is 2. The summed E-state index contributed by atoms with van der Waals surface area (Å²) in [5.74, 6) is -0.590. The summed E-state index contributed by atoms with van der Waals surface area (Å²) in [5, 5.41) is 3.11. The summed E-state index contributed by atoms with van der Waals surface area (Å²) in [5.41, 5.74) is 4.02. The summed E-state index contributed by atoms with van der Waals surface area (Å²) in [6.45, 7) is 4.21. The van der Waals surface area contributed by atoms with Crippen LogP contribution in [-0.2, 0) is 0 Å². The number of hydrogen-bond acceptors (Lipinski definition) is 4. The van der Waals surface area contributed by atoms with E-state index in [2.05, 4.69) is 10.3 Å². The predicted octanol–water partition coefficient (Wildman–Crippen LogP) is 2.36. The highest BCUT2D eigenvalue weighted by Gasteiger charge is 2.35. The Hall–Kier alpha value is -2.69. The number of aryl methyl sites for hydroxylation is 2. The molecule has 0 radical (unpaired) electrons.